The molecule has 24 heavy (non-hydrogen) atoms. The predicted octanol–water partition coefficient (Wildman–Crippen LogP) is 2.22. The average Bonchev–Trinajstić information content (AvgIpc) is 2.88. The van der Waals surface area contributed by atoms with Crippen molar-refractivity contribution in [3.05, 3.63) is 72.4 Å². The number of nitrogens with zero attached hydrogens (tertiary/aromatic N) is 2. The lowest BCUT2D eigenvalue weighted by Gasteiger charge is -2.14. The van der Waals surface area contributed by atoms with Gasteiger partial charge in [0.15, 0.2) is 5.71 Å². The quantitative estimate of drug-likeness (QED) is 0.750. The minimum Gasteiger partial charge on any atom is -0.478 e. The monoisotopic (exact) mass is 322 g/mol. The molecule has 0 atom stereocenters. The highest BCUT2D eigenvalue weighted by molar-refractivity contribution is 6.51. The van der Waals surface area contributed by atoms with Crippen molar-refractivity contribution in [3.63, 3.8) is 0 Å². The van der Waals surface area contributed by atoms with E-state index in [1.807, 2.05) is 18.2 Å². The van der Waals surface area contributed by atoms with E-state index in [-0.39, 0.29) is 17.2 Å². The molecule has 3 N–H and O–H groups in total. The van der Waals surface area contributed by atoms with E-state index in [0.29, 0.717) is 17.1 Å². The van der Waals surface area contributed by atoms with Crippen LogP contribution in [0.4, 0.5) is 11.4 Å². The van der Waals surface area contributed by atoms with Gasteiger partial charge in [-0.15, -0.1) is 0 Å². The molecule has 0 saturated carbocycles. The molecule has 7 nitrogen and oxygen atoms in total. The van der Waals surface area contributed by atoms with Gasteiger partial charge >= 0.3 is 5.97 Å². The summed E-state index contributed by atoms with van der Waals surface area (Å²) in [4.78, 5) is 23.4. The molecule has 7 heteroatoms. The van der Waals surface area contributed by atoms with Crippen LogP contribution in [0.3, 0.4) is 0 Å². The Kier molecular flexibility index (Phi) is 3.98. The van der Waals surface area contributed by atoms with Gasteiger partial charge in [-0.05, 0) is 30.3 Å². The fourth-order valence-corrected chi connectivity index (χ4v) is 2.19. The molecule has 0 aliphatic carbocycles. The Balaban J connectivity index is 1.81. The zero-order valence-corrected chi connectivity index (χ0v) is 12.6. The maximum Gasteiger partial charge on any atom is 0.335 e. The van der Waals surface area contributed by atoms with Crippen LogP contribution in [-0.4, -0.2) is 22.7 Å². The van der Waals surface area contributed by atoms with Gasteiger partial charge in [0, 0.05) is 0 Å². The highest BCUT2D eigenvalue weighted by Crippen LogP contribution is 2.19. The van der Waals surface area contributed by atoms with Crippen LogP contribution in [0.25, 0.3) is 0 Å². The third kappa shape index (κ3) is 2.95. The van der Waals surface area contributed by atoms with E-state index in [1.54, 1.807) is 24.3 Å². The van der Waals surface area contributed by atoms with Gasteiger partial charge in [-0.2, -0.15) is 5.10 Å². The fourth-order valence-electron chi connectivity index (χ4n) is 2.19. The van der Waals surface area contributed by atoms with E-state index in [1.165, 1.54) is 17.1 Å². The number of nitrogens with one attached hydrogen (secondary N) is 2. The summed E-state index contributed by atoms with van der Waals surface area (Å²) in [5.74, 6) is -1.39. The Morgan fingerprint density at radius 3 is 2.62 bits per heavy atom. The molecule has 1 aliphatic heterocycles. The van der Waals surface area contributed by atoms with Gasteiger partial charge in [0.2, 0.25) is 0 Å². The summed E-state index contributed by atoms with van der Waals surface area (Å²) in [7, 11) is 0. The molecule has 1 fully saturated rings. The first-order valence-corrected chi connectivity index (χ1v) is 7.09. The number of carboxylic acid groups (broad SMARTS) is 1. The SMILES string of the molecule is C=C1NN(c2ccccc2)C(=O)C1=NNc1cccc(C(=O)O)c1. The average molecular weight is 322 g/mol. The van der Waals surface area contributed by atoms with Crippen LogP contribution in [0.2, 0.25) is 0 Å². The van der Waals surface area contributed by atoms with Crippen molar-refractivity contribution in [2.45, 2.75) is 0 Å². The van der Waals surface area contributed by atoms with Crippen molar-refractivity contribution in [3.8, 4) is 0 Å². The number of hydrazine groups is 1. The molecular formula is C17H14N4O3. The highest BCUT2D eigenvalue weighted by atomic mass is 16.4. The van der Waals surface area contributed by atoms with Gasteiger partial charge in [0.25, 0.3) is 5.91 Å². The summed E-state index contributed by atoms with van der Waals surface area (Å²) in [6, 6.07) is 15.2. The second kappa shape index (κ2) is 6.25. The number of anilines is 2. The zero-order chi connectivity index (χ0) is 17.1. The van der Waals surface area contributed by atoms with Crippen LogP contribution >= 0.6 is 0 Å². The first-order valence-electron chi connectivity index (χ1n) is 7.09. The topological polar surface area (TPSA) is 94.0 Å². The van der Waals surface area contributed by atoms with Crippen LogP contribution in [0, 0.1) is 0 Å². The van der Waals surface area contributed by atoms with Crippen molar-refractivity contribution in [2.75, 3.05) is 10.4 Å². The molecule has 2 aromatic carbocycles. The summed E-state index contributed by atoms with van der Waals surface area (Å²) >= 11 is 0. The maximum atomic E-state index is 12.5. The lowest BCUT2D eigenvalue weighted by Crippen LogP contribution is -2.34. The van der Waals surface area contributed by atoms with Crippen molar-refractivity contribution in [1.82, 2.24) is 5.43 Å². The van der Waals surface area contributed by atoms with Gasteiger partial charge in [0.05, 0.1) is 22.6 Å². The van der Waals surface area contributed by atoms with Crippen molar-refractivity contribution < 1.29 is 14.7 Å². The summed E-state index contributed by atoms with van der Waals surface area (Å²) < 4.78 is 0. The number of carbonyl (C=O) groups is 2. The minimum absolute atomic E-state index is 0.125. The van der Waals surface area contributed by atoms with Crippen LogP contribution in [0.5, 0.6) is 0 Å². The summed E-state index contributed by atoms with van der Waals surface area (Å²) in [5.41, 5.74) is 7.28. The number of para-hydroxylation sites is 1. The van der Waals surface area contributed by atoms with Crippen molar-refractivity contribution >= 4 is 29.0 Å². The molecule has 0 bridgehead atoms. The molecule has 0 unspecified atom stereocenters. The van der Waals surface area contributed by atoms with E-state index in [9.17, 15) is 9.59 Å². The highest BCUT2D eigenvalue weighted by Gasteiger charge is 2.32. The number of hydrogen-bond acceptors (Lipinski definition) is 5. The largest absolute Gasteiger partial charge is 0.478 e. The maximum absolute atomic E-state index is 12.5. The smallest absolute Gasteiger partial charge is 0.335 e. The number of benzene rings is 2. The molecule has 1 saturated heterocycles. The number of hydrogen-bond donors (Lipinski definition) is 3. The van der Waals surface area contributed by atoms with Gasteiger partial charge in [-0.25, -0.2) is 9.80 Å². The Hall–Kier alpha value is -3.61. The van der Waals surface area contributed by atoms with Crippen LogP contribution < -0.4 is 15.9 Å². The first-order chi connectivity index (χ1) is 11.6. The molecule has 0 radical (unpaired) electrons. The standard InChI is InChI=1S/C17H14N4O3/c1-11-15(16(22)21(20-11)14-8-3-2-4-9-14)19-18-13-7-5-6-12(10-13)17(23)24/h2-10,18,20H,1H2,(H,23,24). The molecule has 0 aromatic heterocycles. The number of amides is 1. The summed E-state index contributed by atoms with van der Waals surface area (Å²) in [5, 5.41) is 14.4. The van der Waals surface area contributed by atoms with Gasteiger partial charge in [-0.3, -0.25) is 15.6 Å². The minimum atomic E-state index is -1.04. The Labute approximate surface area is 137 Å². The lowest BCUT2D eigenvalue weighted by atomic mass is 10.2. The second-order valence-electron chi connectivity index (χ2n) is 5.02. The van der Waals surface area contributed by atoms with E-state index in [0.717, 1.165) is 0 Å². The van der Waals surface area contributed by atoms with Gasteiger partial charge < -0.3 is 5.11 Å². The molecule has 1 heterocycles. The molecule has 1 amide bonds. The summed E-state index contributed by atoms with van der Waals surface area (Å²) in [6.45, 7) is 3.78. The molecule has 120 valence electrons. The van der Waals surface area contributed by atoms with Gasteiger partial charge in [-0.1, -0.05) is 30.8 Å². The zero-order valence-electron chi connectivity index (χ0n) is 12.6. The Morgan fingerprint density at radius 1 is 1.17 bits per heavy atom. The Bertz CT molecular complexity index is 846. The van der Waals surface area contributed by atoms with Crippen molar-refractivity contribution in [2.24, 2.45) is 5.10 Å². The predicted molar refractivity (Wildman–Crippen MR) is 90.7 cm³/mol. The third-order valence-electron chi connectivity index (χ3n) is 3.36. The van der Waals surface area contributed by atoms with E-state index in [4.69, 9.17) is 5.11 Å². The molecule has 1 aliphatic rings. The number of rotatable bonds is 4. The number of carboxylic acids is 1. The first kappa shape index (κ1) is 15.3. The molecule has 0 spiro atoms. The van der Waals surface area contributed by atoms with Crippen LogP contribution in [0.1, 0.15) is 10.4 Å². The molecular weight excluding hydrogens is 308 g/mol. The molecule has 3 rings (SSSR count). The van der Waals surface area contributed by atoms with Crippen LogP contribution in [0.15, 0.2) is 72.0 Å². The van der Waals surface area contributed by atoms with Crippen molar-refractivity contribution in [1.29, 1.82) is 0 Å². The normalized spacial score (nSPS) is 15.5. The number of hydrazone groups is 1. The summed E-state index contributed by atoms with van der Waals surface area (Å²) in [6.07, 6.45) is 0. The van der Waals surface area contributed by atoms with E-state index in [2.05, 4.69) is 22.5 Å². The fraction of sp³-hybridized carbons (Fsp3) is 0. The number of carbonyl (C=O) groups excluding carboxylic acids is 1. The third-order valence-corrected chi connectivity index (χ3v) is 3.36. The Morgan fingerprint density at radius 2 is 1.92 bits per heavy atom. The lowest BCUT2D eigenvalue weighted by molar-refractivity contribution is -0.112. The van der Waals surface area contributed by atoms with Gasteiger partial charge in [0.1, 0.15) is 0 Å². The number of aromatic carboxylic acids is 1. The van der Waals surface area contributed by atoms with Crippen LogP contribution in [-0.2, 0) is 4.79 Å². The second-order valence-corrected chi connectivity index (χ2v) is 5.02. The van der Waals surface area contributed by atoms with E-state index >= 15 is 0 Å². The molecule has 2 aromatic rings. The van der Waals surface area contributed by atoms with E-state index < -0.39 is 5.97 Å².